The largest absolute Gasteiger partial charge is 0.495 e. The molecule has 2 N–H and O–H groups in total. The Kier molecular flexibility index (Phi) is 4.04. The molecule has 0 atom stereocenters. The lowest BCUT2D eigenvalue weighted by atomic mass is 10.2. The summed E-state index contributed by atoms with van der Waals surface area (Å²) in [5.41, 5.74) is 7.76. The highest BCUT2D eigenvalue weighted by molar-refractivity contribution is 5.60. The SMILES string of the molecule is COc1ccccc1N1CCN(c2ccc(N)cc2F)CC1. The summed E-state index contributed by atoms with van der Waals surface area (Å²) in [4.78, 5) is 4.32. The van der Waals surface area contributed by atoms with E-state index in [-0.39, 0.29) is 5.82 Å². The molecular weight excluding hydrogens is 281 g/mol. The summed E-state index contributed by atoms with van der Waals surface area (Å²) in [6.45, 7) is 3.17. The highest BCUT2D eigenvalue weighted by atomic mass is 19.1. The maximum atomic E-state index is 14.0. The van der Waals surface area contributed by atoms with Gasteiger partial charge in [0.15, 0.2) is 0 Å². The van der Waals surface area contributed by atoms with Crippen LogP contribution in [0.1, 0.15) is 0 Å². The second-order valence-corrected chi connectivity index (χ2v) is 5.36. The number of hydrogen-bond donors (Lipinski definition) is 1. The van der Waals surface area contributed by atoms with Crippen LogP contribution in [-0.4, -0.2) is 33.3 Å². The van der Waals surface area contributed by atoms with Crippen molar-refractivity contribution in [1.82, 2.24) is 0 Å². The molecule has 116 valence electrons. The molecule has 1 fully saturated rings. The van der Waals surface area contributed by atoms with E-state index in [0.717, 1.165) is 37.6 Å². The van der Waals surface area contributed by atoms with E-state index < -0.39 is 0 Å². The van der Waals surface area contributed by atoms with Crippen molar-refractivity contribution in [2.75, 3.05) is 48.8 Å². The normalized spacial score (nSPS) is 15.0. The third-order valence-corrected chi connectivity index (χ3v) is 4.02. The smallest absolute Gasteiger partial charge is 0.148 e. The minimum Gasteiger partial charge on any atom is -0.495 e. The molecule has 0 radical (unpaired) electrons. The van der Waals surface area contributed by atoms with Crippen molar-refractivity contribution in [3.63, 3.8) is 0 Å². The Morgan fingerprint density at radius 2 is 1.59 bits per heavy atom. The molecular formula is C17H20FN3O. The van der Waals surface area contributed by atoms with Crippen LogP contribution in [0.25, 0.3) is 0 Å². The number of para-hydroxylation sites is 2. The third kappa shape index (κ3) is 2.79. The summed E-state index contributed by atoms with van der Waals surface area (Å²) in [6.07, 6.45) is 0. The van der Waals surface area contributed by atoms with Crippen LogP contribution in [-0.2, 0) is 0 Å². The number of hydrogen-bond acceptors (Lipinski definition) is 4. The van der Waals surface area contributed by atoms with E-state index in [2.05, 4.69) is 15.9 Å². The van der Waals surface area contributed by atoms with Crippen molar-refractivity contribution < 1.29 is 9.13 Å². The molecule has 0 unspecified atom stereocenters. The quantitative estimate of drug-likeness (QED) is 0.885. The van der Waals surface area contributed by atoms with Crippen molar-refractivity contribution in [2.45, 2.75) is 0 Å². The molecule has 1 saturated heterocycles. The number of ether oxygens (including phenoxy) is 1. The molecule has 0 aromatic heterocycles. The number of nitrogens with zero attached hydrogens (tertiary/aromatic N) is 2. The average Bonchev–Trinajstić information content (AvgIpc) is 2.55. The van der Waals surface area contributed by atoms with E-state index in [4.69, 9.17) is 10.5 Å². The maximum absolute atomic E-state index is 14.0. The number of methoxy groups -OCH3 is 1. The Morgan fingerprint density at radius 3 is 2.23 bits per heavy atom. The van der Waals surface area contributed by atoms with Gasteiger partial charge in [-0.05, 0) is 30.3 Å². The van der Waals surface area contributed by atoms with Gasteiger partial charge in [-0.15, -0.1) is 0 Å². The van der Waals surface area contributed by atoms with Crippen LogP contribution in [0.15, 0.2) is 42.5 Å². The Balaban J connectivity index is 1.72. The fraction of sp³-hybridized carbons (Fsp3) is 0.294. The van der Waals surface area contributed by atoms with Gasteiger partial charge in [-0.1, -0.05) is 12.1 Å². The number of halogens is 1. The molecule has 3 rings (SSSR count). The molecule has 0 saturated carbocycles. The Labute approximate surface area is 129 Å². The topological polar surface area (TPSA) is 41.7 Å². The molecule has 4 nitrogen and oxygen atoms in total. The van der Waals surface area contributed by atoms with E-state index in [1.54, 1.807) is 19.2 Å². The standard InChI is InChI=1S/C17H20FN3O/c1-22-17-5-3-2-4-16(17)21-10-8-20(9-11-21)15-7-6-13(19)12-14(15)18/h2-7,12H,8-11,19H2,1H3. The van der Waals surface area contributed by atoms with Gasteiger partial charge in [-0.3, -0.25) is 0 Å². The van der Waals surface area contributed by atoms with E-state index >= 15 is 0 Å². The van der Waals surface area contributed by atoms with Gasteiger partial charge in [0.05, 0.1) is 18.5 Å². The van der Waals surface area contributed by atoms with Gasteiger partial charge in [0.2, 0.25) is 0 Å². The Bertz CT molecular complexity index is 654. The molecule has 1 aliphatic heterocycles. The lowest BCUT2D eigenvalue weighted by Crippen LogP contribution is -2.46. The van der Waals surface area contributed by atoms with Gasteiger partial charge in [0.25, 0.3) is 0 Å². The van der Waals surface area contributed by atoms with Crippen molar-refractivity contribution in [3.8, 4) is 5.75 Å². The summed E-state index contributed by atoms with van der Waals surface area (Å²) < 4.78 is 19.4. The molecule has 5 heteroatoms. The third-order valence-electron chi connectivity index (χ3n) is 4.02. The summed E-state index contributed by atoms with van der Waals surface area (Å²) >= 11 is 0. The zero-order chi connectivity index (χ0) is 15.5. The Hall–Kier alpha value is -2.43. The summed E-state index contributed by atoms with van der Waals surface area (Å²) in [5, 5.41) is 0. The molecule has 22 heavy (non-hydrogen) atoms. The highest BCUT2D eigenvalue weighted by Gasteiger charge is 2.21. The van der Waals surface area contributed by atoms with E-state index in [1.165, 1.54) is 6.07 Å². The molecule has 0 amide bonds. The van der Waals surface area contributed by atoms with Crippen LogP contribution in [0.5, 0.6) is 5.75 Å². The van der Waals surface area contributed by atoms with Gasteiger partial charge in [0, 0.05) is 31.9 Å². The first kappa shape index (κ1) is 14.5. The number of nitrogen functional groups attached to an aromatic ring is 1. The second kappa shape index (κ2) is 6.13. The van der Waals surface area contributed by atoms with Crippen LogP contribution < -0.4 is 20.3 Å². The van der Waals surface area contributed by atoms with Crippen molar-refractivity contribution in [3.05, 3.63) is 48.3 Å². The van der Waals surface area contributed by atoms with Gasteiger partial charge in [0.1, 0.15) is 11.6 Å². The van der Waals surface area contributed by atoms with Crippen LogP contribution in [0.2, 0.25) is 0 Å². The average molecular weight is 301 g/mol. The van der Waals surface area contributed by atoms with E-state index in [1.807, 2.05) is 18.2 Å². The predicted molar refractivity (Wildman–Crippen MR) is 88.2 cm³/mol. The number of benzene rings is 2. The van der Waals surface area contributed by atoms with Gasteiger partial charge in [-0.25, -0.2) is 4.39 Å². The van der Waals surface area contributed by atoms with Crippen molar-refractivity contribution >= 4 is 17.1 Å². The van der Waals surface area contributed by atoms with E-state index in [9.17, 15) is 4.39 Å². The molecule has 0 aliphatic carbocycles. The molecule has 2 aromatic carbocycles. The highest BCUT2D eigenvalue weighted by Crippen LogP contribution is 2.30. The lowest BCUT2D eigenvalue weighted by molar-refractivity contribution is 0.413. The number of piperazine rings is 1. The number of rotatable bonds is 3. The first-order chi connectivity index (χ1) is 10.7. The minimum absolute atomic E-state index is 0.259. The zero-order valence-corrected chi connectivity index (χ0v) is 12.6. The van der Waals surface area contributed by atoms with Crippen molar-refractivity contribution in [2.24, 2.45) is 0 Å². The number of anilines is 3. The van der Waals surface area contributed by atoms with Crippen molar-refractivity contribution in [1.29, 1.82) is 0 Å². The fourth-order valence-corrected chi connectivity index (χ4v) is 2.86. The van der Waals surface area contributed by atoms with Crippen LogP contribution in [0, 0.1) is 5.82 Å². The summed E-state index contributed by atoms with van der Waals surface area (Å²) in [6, 6.07) is 12.8. The first-order valence-electron chi connectivity index (χ1n) is 7.37. The monoisotopic (exact) mass is 301 g/mol. The predicted octanol–water partition coefficient (Wildman–Crippen LogP) is 2.74. The van der Waals surface area contributed by atoms with Gasteiger partial charge in [-0.2, -0.15) is 0 Å². The molecule has 1 heterocycles. The Morgan fingerprint density at radius 1 is 0.955 bits per heavy atom. The lowest BCUT2D eigenvalue weighted by Gasteiger charge is -2.37. The fourth-order valence-electron chi connectivity index (χ4n) is 2.86. The molecule has 2 aromatic rings. The zero-order valence-electron chi connectivity index (χ0n) is 12.6. The van der Waals surface area contributed by atoms with Crippen LogP contribution in [0.3, 0.4) is 0 Å². The molecule has 1 aliphatic rings. The maximum Gasteiger partial charge on any atom is 0.148 e. The molecule has 0 spiro atoms. The second-order valence-electron chi connectivity index (χ2n) is 5.36. The number of nitrogens with two attached hydrogens (primary N) is 1. The van der Waals surface area contributed by atoms with Crippen LogP contribution in [0.4, 0.5) is 21.5 Å². The summed E-state index contributed by atoms with van der Waals surface area (Å²) in [7, 11) is 1.68. The van der Waals surface area contributed by atoms with E-state index in [0.29, 0.717) is 11.4 Å². The van der Waals surface area contributed by atoms with Gasteiger partial charge < -0.3 is 20.3 Å². The van der Waals surface area contributed by atoms with Crippen LogP contribution >= 0.6 is 0 Å². The minimum atomic E-state index is -0.259. The first-order valence-corrected chi connectivity index (χ1v) is 7.37. The van der Waals surface area contributed by atoms with Gasteiger partial charge >= 0.3 is 0 Å². The summed E-state index contributed by atoms with van der Waals surface area (Å²) in [5.74, 6) is 0.611. The molecule has 0 bridgehead atoms.